The van der Waals surface area contributed by atoms with Gasteiger partial charge in [0.2, 0.25) is 5.91 Å². The summed E-state index contributed by atoms with van der Waals surface area (Å²) >= 11 is 0. The van der Waals surface area contributed by atoms with Gasteiger partial charge in [-0.2, -0.15) is 13.2 Å². The molecular formula is C18H17F3N2O4. The lowest BCUT2D eigenvalue weighted by molar-refractivity contribution is -0.138. The lowest BCUT2D eigenvalue weighted by Gasteiger charge is -2.21. The van der Waals surface area contributed by atoms with E-state index in [9.17, 15) is 22.8 Å². The maximum Gasteiger partial charge on any atom is 0.417 e. The van der Waals surface area contributed by atoms with Crippen molar-refractivity contribution >= 4 is 5.91 Å². The summed E-state index contributed by atoms with van der Waals surface area (Å²) in [6, 6.07) is 6.26. The molecule has 0 fully saturated rings. The second-order valence-corrected chi connectivity index (χ2v) is 6.07. The van der Waals surface area contributed by atoms with Crippen molar-refractivity contribution in [2.24, 2.45) is 0 Å². The van der Waals surface area contributed by atoms with Crippen LogP contribution in [0.5, 0.6) is 11.5 Å². The molecule has 1 aliphatic heterocycles. The van der Waals surface area contributed by atoms with Crippen molar-refractivity contribution in [3.8, 4) is 11.5 Å². The van der Waals surface area contributed by atoms with E-state index in [1.165, 1.54) is 0 Å². The number of alkyl halides is 3. The molecule has 6 nitrogen and oxygen atoms in total. The number of hydrogen-bond donors (Lipinski definition) is 1. The number of nitrogens with zero attached hydrogens (tertiary/aromatic N) is 1. The predicted molar refractivity (Wildman–Crippen MR) is 89.7 cm³/mol. The molecule has 0 spiro atoms. The Kier molecular flexibility index (Phi) is 5.11. The fourth-order valence-electron chi connectivity index (χ4n) is 2.68. The van der Waals surface area contributed by atoms with Crippen LogP contribution in [-0.4, -0.2) is 23.7 Å². The smallest absolute Gasteiger partial charge is 0.417 e. The Morgan fingerprint density at radius 3 is 2.59 bits per heavy atom. The number of halogens is 3. The summed E-state index contributed by atoms with van der Waals surface area (Å²) in [7, 11) is 0. The number of ether oxygens (including phenoxy) is 2. The van der Waals surface area contributed by atoms with Crippen LogP contribution in [0.4, 0.5) is 13.2 Å². The highest BCUT2D eigenvalue weighted by Gasteiger charge is 2.31. The first kappa shape index (κ1) is 18.8. The van der Waals surface area contributed by atoms with Gasteiger partial charge in [-0.3, -0.25) is 9.59 Å². The Hall–Kier alpha value is -2.97. The number of amides is 1. The number of rotatable bonds is 4. The third kappa shape index (κ3) is 4.42. The molecule has 0 saturated heterocycles. The van der Waals surface area contributed by atoms with Crippen LogP contribution in [0.1, 0.15) is 24.1 Å². The summed E-state index contributed by atoms with van der Waals surface area (Å²) in [5.41, 5.74) is -0.941. The van der Waals surface area contributed by atoms with E-state index in [0.717, 1.165) is 16.2 Å². The normalized spacial score (nSPS) is 14.5. The van der Waals surface area contributed by atoms with E-state index in [0.29, 0.717) is 37.0 Å². The van der Waals surface area contributed by atoms with Crippen molar-refractivity contribution in [3.63, 3.8) is 0 Å². The first-order chi connectivity index (χ1) is 12.7. The average Bonchev–Trinajstić information content (AvgIpc) is 2.62. The third-order valence-corrected chi connectivity index (χ3v) is 4.07. The Morgan fingerprint density at radius 1 is 1.19 bits per heavy atom. The molecule has 9 heteroatoms. The average molecular weight is 382 g/mol. The minimum atomic E-state index is -4.59. The second-order valence-electron chi connectivity index (χ2n) is 6.07. The Balaban J connectivity index is 1.70. The third-order valence-electron chi connectivity index (χ3n) is 4.07. The quantitative estimate of drug-likeness (QED) is 0.882. The fourth-order valence-corrected chi connectivity index (χ4v) is 2.68. The van der Waals surface area contributed by atoms with Crippen LogP contribution in [0, 0.1) is 0 Å². The summed E-state index contributed by atoms with van der Waals surface area (Å²) in [5.74, 6) is 0.590. The predicted octanol–water partition coefficient (Wildman–Crippen LogP) is 2.52. The summed E-state index contributed by atoms with van der Waals surface area (Å²) in [6.45, 7) is 2.09. The van der Waals surface area contributed by atoms with Gasteiger partial charge in [-0.05, 0) is 30.7 Å². The van der Waals surface area contributed by atoms with E-state index in [4.69, 9.17) is 9.47 Å². The molecule has 2 aromatic rings. The second kappa shape index (κ2) is 7.34. The highest BCUT2D eigenvalue weighted by Crippen LogP contribution is 2.32. The van der Waals surface area contributed by atoms with Crippen LogP contribution < -0.4 is 20.3 Å². The molecule has 3 rings (SSSR count). The lowest BCUT2D eigenvalue weighted by Crippen LogP contribution is -2.34. The maximum absolute atomic E-state index is 12.8. The standard InChI is InChI=1S/C18H17F3N2O4/c1-11(12-2-4-14-15(8-12)27-7-6-26-14)22-16(24)10-23-9-13(18(19,20)21)3-5-17(23)25/h2-5,8-9,11H,6-7,10H2,1H3,(H,22,24). The molecule has 1 aliphatic rings. The van der Waals surface area contributed by atoms with Crippen LogP contribution in [0.25, 0.3) is 0 Å². The number of hydrogen-bond acceptors (Lipinski definition) is 4. The van der Waals surface area contributed by atoms with Gasteiger partial charge in [0.05, 0.1) is 11.6 Å². The van der Waals surface area contributed by atoms with Crippen molar-refractivity contribution in [2.75, 3.05) is 13.2 Å². The fraction of sp³-hybridized carbons (Fsp3) is 0.333. The number of carbonyl (C=O) groups is 1. The highest BCUT2D eigenvalue weighted by molar-refractivity contribution is 5.76. The van der Waals surface area contributed by atoms with E-state index in [2.05, 4.69) is 5.32 Å². The molecule has 144 valence electrons. The molecular weight excluding hydrogens is 365 g/mol. The van der Waals surface area contributed by atoms with Gasteiger partial charge < -0.3 is 19.4 Å². The minimum absolute atomic E-state index is 0.426. The van der Waals surface area contributed by atoms with Gasteiger partial charge in [-0.15, -0.1) is 0 Å². The Bertz CT molecular complexity index is 908. The van der Waals surface area contributed by atoms with Crippen LogP contribution in [0.2, 0.25) is 0 Å². The molecule has 27 heavy (non-hydrogen) atoms. The minimum Gasteiger partial charge on any atom is -0.486 e. The molecule has 1 unspecified atom stereocenters. The zero-order valence-corrected chi connectivity index (χ0v) is 14.4. The first-order valence-corrected chi connectivity index (χ1v) is 8.20. The zero-order chi connectivity index (χ0) is 19.6. The van der Waals surface area contributed by atoms with E-state index >= 15 is 0 Å². The zero-order valence-electron chi connectivity index (χ0n) is 14.4. The molecule has 0 saturated carbocycles. The molecule has 2 heterocycles. The molecule has 0 radical (unpaired) electrons. The van der Waals surface area contributed by atoms with Crippen LogP contribution >= 0.6 is 0 Å². The maximum atomic E-state index is 12.8. The molecule has 1 atom stereocenters. The molecule has 1 N–H and O–H groups in total. The van der Waals surface area contributed by atoms with Crippen LogP contribution in [0.15, 0.2) is 41.3 Å². The number of fused-ring (bicyclic) bond motifs is 1. The van der Waals surface area contributed by atoms with E-state index in [1.807, 2.05) is 0 Å². The molecule has 1 amide bonds. The van der Waals surface area contributed by atoms with Gasteiger partial charge in [-0.25, -0.2) is 0 Å². The van der Waals surface area contributed by atoms with Crippen molar-refractivity contribution in [1.82, 2.24) is 9.88 Å². The number of benzene rings is 1. The number of pyridine rings is 1. The molecule has 0 bridgehead atoms. The monoisotopic (exact) mass is 382 g/mol. The Morgan fingerprint density at radius 2 is 1.89 bits per heavy atom. The Labute approximate surface area is 152 Å². The molecule has 1 aromatic carbocycles. The summed E-state index contributed by atoms with van der Waals surface area (Å²) < 4.78 is 50.0. The largest absolute Gasteiger partial charge is 0.486 e. The van der Waals surface area contributed by atoms with Crippen LogP contribution in [-0.2, 0) is 17.5 Å². The SMILES string of the molecule is CC(NC(=O)Cn1cc(C(F)(F)F)ccc1=O)c1ccc2c(c1)OCCO2. The van der Waals surface area contributed by atoms with Crippen molar-refractivity contribution in [1.29, 1.82) is 0 Å². The molecule has 0 aliphatic carbocycles. The van der Waals surface area contributed by atoms with Gasteiger partial charge in [-0.1, -0.05) is 6.07 Å². The lowest BCUT2D eigenvalue weighted by atomic mass is 10.1. The number of carbonyl (C=O) groups excluding carboxylic acids is 1. The van der Waals surface area contributed by atoms with E-state index in [1.54, 1.807) is 25.1 Å². The van der Waals surface area contributed by atoms with Gasteiger partial charge in [0.15, 0.2) is 11.5 Å². The van der Waals surface area contributed by atoms with Gasteiger partial charge in [0, 0.05) is 12.3 Å². The van der Waals surface area contributed by atoms with Crippen LogP contribution in [0.3, 0.4) is 0 Å². The molecule has 1 aromatic heterocycles. The van der Waals surface area contributed by atoms with Gasteiger partial charge in [0.1, 0.15) is 19.8 Å². The highest BCUT2D eigenvalue weighted by atomic mass is 19.4. The van der Waals surface area contributed by atoms with Gasteiger partial charge >= 0.3 is 6.18 Å². The summed E-state index contributed by atoms with van der Waals surface area (Å²) in [5, 5.41) is 2.66. The number of nitrogens with one attached hydrogen (secondary N) is 1. The summed E-state index contributed by atoms with van der Waals surface area (Å²) in [4.78, 5) is 23.9. The van der Waals surface area contributed by atoms with E-state index in [-0.39, 0.29) is 0 Å². The van der Waals surface area contributed by atoms with E-state index < -0.39 is 35.8 Å². The van der Waals surface area contributed by atoms with Crippen molar-refractivity contribution in [3.05, 3.63) is 58.0 Å². The van der Waals surface area contributed by atoms with Gasteiger partial charge in [0.25, 0.3) is 5.56 Å². The first-order valence-electron chi connectivity index (χ1n) is 8.20. The summed E-state index contributed by atoms with van der Waals surface area (Å²) in [6.07, 6.45) is -3.96. The van der Waals surface area contributed by atoms with Crippen molar-refractivity contribution < 1.29 is 27.4 Å². The van der Waals surface area contributed by atoms with Crippen molar-refractivity contribution in [2.45, 2.75) is 25.7 Å². The topological polar surface area (TPSA) is 69.6 Å². The number of aromatic nitrogens is 1.